The second-order valence-electron chi connectivity index (χ2n) is 3.15. The fraction of sp³-hybridized carbons (Fsp3) is 0.100. The molecule has 0 aliphatic rings. The van der Waals surface area contributed by atoms with Gasteiger partial charge >= 0.3 is 10.1 Å². The van der Waals surface area contributed by atoms with Crippen molar-refractivity contribution in [2.45, 2.75) is 0 Å². The molecule has 4 nitrogen and oxygen atoms in total. The Hall–Kier alpha value is -1.62. The molecule has 0 bridgehead atoms. The molecule has 1 heterocycles. The minimum Gasteiger partial charge on any atom is -0.383 e. The van der Waals surface area contributed by atoms with E-state index in [0.717, 1.165) is 17.2 Å². The monoisotopic (exact) mass is 223 g/mol. The molecule has 5 heteroatoms. The number of nitrogens with zero attached hydrogens (tertiary/aromatic N) is 1. The van der Waals surface area contributed by atoms with Crippen LogP contribution < -0.4 is 4.18 Å². The van der Waals surface area contributed by atoms with Crippen LogP contribution in [0.4, 0.5) is 0 Å². The van der Waals surface area contributed by atoms with Gasteiger partial charge in [-0.1, -0.05) is 6.07 Å². The number of fused-ring (bicyclic) bond motifs is 1. The molecule has 0 saturated carbocycles. The maximum absolute atomic E-state index is 10.9. The highest BCUT2D eigenvalue weighted by molar-refractivity contribution is 7.86. The molecular weight excluding hydrogens is 214 g/mol. The molecule has 1 aromatic heterocycles. The molecule has 0 aliphatic carbocycles. The van der Waals surface area contributed by atoms with Crippen molar-refractivity contribution in [3.63, 3.8) is 0 Å². The number of hydrogen-bond donors (Lipinski definition) is 0. The Kier molecular flexibility index (Phi) is 2.32. The Morgan fingerprint density at radius 1 is 1.27 bits per heavy atom. The summed E-state index contributed by atoms with van der Waals surface area (Å²) in [5.74, 6) is 0.304. The van der Waals surface area contributed by atoms with E-state index in [9.17, 15) is 8.42 Å². The molecular formula is C10H9NO3S. The fourth-order valence-electron chi connectivity index (χ4n) is 1.28. The van der Waals surface area contributed by atoms with E-state index in [1.54, 1.807) is 30.5 Å². The summed E-state index contributed by atoms with van der Waals surface area (Å²) >= 11 is 0. The summed E-state index contributed by atoms with van der Waals surface area (Å²) < 4.78 is 26.6. The van der Waals surface area contributed by atoms with Crippen LogP contribution in [0.25, 0.3) is 10.9 Å². The Labute approximate surface area is 87.6 Å². The van der Waals surface area contributed by atoms with Gasteiger partial charge in [-0.05, 0) is 24.3 Å². The van der Waals surface area contributed by atoms with E-state index in [0.29, 0.717) is 5.75 Å². The van der Waals surface area contributed by atoms with E-state index >= 15 is 0 Å². The van der Waals surface area contributed by atoms with Crippen LogP contribution in [0.1, 0.15) is 0 Å². The van der Waals surface area contributed by atoms with E-state index < -0.39 is 10.1 Å². The van der Waals surface area contributed by atoms with Crippen LogP contribution in [0.3, 0.4) is 0 Å². The van der Waals surface area contributed by atoms with Crippen LogP contribution in [0.2, 0.25) is 0 Å². The van der Waals surface area contributed by atoms with Crippen molar-refractivity contribution in [1.82, 2.24) is 4.98 Å². The van der Waals surface area contributed by atoms with Crippen LogP contribution in [0, 0.1) is 0 Å². The average Bonchev–Trinajstić information content (AvgIpc) is 2.15. The van der Waals surface area contributed by atoms with Gasteiger partial charge in [0, 0.05) is 11.6 Å². The summed E-state index contributed by atoms with van der Waals surface area (Å²) in [7, 11) is -3.47. The first kappa shape index (κ1) is 9.92. The van der Waals surface area contributed by atoms with Gasteiger partial charge in [0.05, 0.1) is 11.8 Å². The lowest BCUT2D eigenvalue weighted by molar-refractivity contribution is 0.493. The summed E-state index contributed by atoms with van der Waals surface area (Å²) in [6.45, 7) is 0. The highest BCUT2D eigenvalue weighted by Crippen LogP contribution is 2.19. The summed E-state index contributed by atoms with van der Waals surface area (Å²) in [6.07, 6.45) is 2.69. The summed E-state index contributed by atoms with van der Waals surface area (Å²) in [5, 5.41) is 0.846. The van der Waals surface area contributed by atoms with Gasteiger partial charge in [0.25, 0.3) is 0 Å². The Morgan fingerprint density at radius 3 is 2.80 bits per heavy atom. The van der Waals surface area contributed by atoms with Crippen LogP contribution in [-0.4, -0.2) is 19.7 Å². The smallest absolute Gasteiger partial charge is 0.306 e. The van der Waals surface area contributed by atoms with Crippen molar-refractivity contribution >= 4 is 21.0 Å². The third-order valence-corrected chi connectivity index (χ3v) is 2.32. The van der Waals surface area contributed by atoms with Crippen molar-refractivity contribution < 1.29 is 12.6 Å². The third-order valence-electron chi connectivity index (χ3n) is 1.82. The van der Waals surface area contributed by atoms with Gasteiger partial charge in [0.2, 0.25) is 0 Å². The molecule has 78 valence electrons. The minimum atomic E-state index is -3.47. The second-order valence-corrected chi connectivity index (χ2v) is 4.72. The Morgan fingerprint density at radius 2 is 2.07 bits per heavy atom. The number of pyridine rings is 1. The number of hydrogen-bond acceptors (Lipinski definition) is 4. The topological polar surface area (TPSA) is 56.3 Å². The van der Waals surface area contributed by atoms with Gasteiger partial charge in [-0.2, -0.15) is 8.42 Å². The zero-order chi connectivity index (χ0) is 10.9. The average molecular weight is 223 g/mol. The Bertz CT molecular complexity index is 592. The zero-order valence-electron chi connectivity index (χ0n) is 8.04. The first-order valence-electron chi connectivity index (χ1n) is 4.29. The van der Waals surface area contributed by atoms with E-state index in [4.69, 9.17) is 4.18 Å². The van der Waals surface area contributed by atoms with Crippen LogP contribution >= 0.6 is 0 Å². The maximum Gasteiger partial charge on any atom is 0.306 e. The summed E-state index contributed by atoms with van der Waals surface area (Å²) in [6, 6.07) is 8.57. The first-order valence-corrected chi connectivity index (χ1v) is 6.10. The lowest BCUT2D eigenvalue weighted by Gasteiger charge is -2.03. The fourth-order valence-corrected chi connectivity index (χ4v) is 1.73. The van der Waals surface area contributed by atoms with E-state index in [1.165, 1.54) is 0 Å². The standard InChI is InChI=1S/C10H9NO3S/c1-15(12,13)14-9-4-5-10-8(7-9)3-2-6-11-10/h2-7H,1H3. The zero-order valence-corrected chi connectivity index (χ0v) is 8.86. The largest absolute Gasteiger partial charge is 0.383 e. The molecule has 0 radical (unpaired) electrons. The van der Waals surface area contributed by atoms with Gasteiger partial charge in [-0.3, -0.25) is 4.98 Å². The molecule has 0 aliphatic heterocycles. The van der Waals surface area contributed by atoms with E-state index in [-0.39, 0.29) is 0 Å². The molecule has 2 rings (SSSR count). The van der Waals surface area contributed by atoms with Gasteiger partial charge in [-0.25, -0.2) is 0 Å². The van der Waals surface area contributed by atoms with Crippen molar-refractivity contribution in [1.29, 1.82) is 0 Å². The number of rotatable bonds is 2. The maximum atomic E-state index is 10.9. The minimum absolute atomic E-state index is 0.304. The SMILES string of the molecule is CS(=O)(=O)Oc1ccc2ncccc2c1. The number of benzene rings is 1. The molecule has 0 amide bonds. The van der Waals surface area contributed by atoms with Crippen molar-refractivity contribution in [2.24, 2.45) is 0 Å². The lowest BCUT2D eigenvalue weighted by atomic mass is 10.2. The summed E-state index contributed by atoms with van der Waals surface area (Å²) in [4.78, 5) is 4.11. The first-order chi connectivity index (χ1) is 7.04. The van der Waals surface area contributed by atoms with Crippen molar-refractivity contribution in [2.75, 3.05) is 6.26 Å². The van der Waals surface area contributed by atoms with Gasteiger partial charge < -0.3 is 4.18 Å². The van der Waals surface area contributed by atoms with Gasteiger partial charge in [0.15, 0.2) is 0 Å². The van der Waals surface area contributed by atoms with Crippen molar-refractivity contribution in [3.8, 4) is 5.75 Å². The molecule has 0 saturated heterocycles. The van der Waals surface area contributed by atoms with E-state index in [2.05, 4.69) is 4.98 Å². The molecule has 15 heavy (non-hydrogen) atoms. The Balaban J connectivity index is 2.48. The second kappa shape index (κ2) is 3.51. The predicted molar refractivity (Wildman–Crippen MR) is 57.2 cm³/mol. The van der Waals surface area contributed by atoms with Crippen LogP contribution in [0.5, 0.6) is 5.75 Å². The highest BCUT2D eigenvalue weighted by atomic mass is 32.2. The summed E-state index contributed by atoms with van der Waals surface area (Å²) in [5.41, 5.74) is 0.804. The highest BCUT2D eigenvalue weighted by Gasteiger charge is 2.04. The quantitative estimate of drug-likeness (QED) is 0.725. The van der Waals surface area contributed by atoms with E-state index in [1.807, 2.05) is 6.07 Å². The molecule has 1 aromatic carbocycles. The molecule has 0 N–H and O–H groups in total. The molecule has 2 aromatic rings. The van der Waals surface area contributed by atoms with Crippen LogP contribution in [0.15, 0.2) is 36.5 Å². The normalized spacial score (nSPS) is 11.5. The third kappa shape index (κ3) is 2.44. The van der Waals surface area contributed by atoms with Crippen molar-refractivity contribution in [3.05, 3.63) is 36.5 Å². The molecule has 0 spiro atoms. The molecule has 0 atom stereocenters. The van der Waals surface area contributed by atoms with Crippen LogP contribution in [-0.2, 0) is 10.1 Å². The molecule has 0 fully saturated rings. The number of aromatic nitrogens is 1. The van der Waals surface area contributed by atoms with Gasteiger partial charge in [-0.15, -0.1) is 0 Å². The lowest BCUT2D eigenvalue weighted by Crippen LogP contribution is -2.05. The molecule has 0 unspecified atom stereocenters. The predicted octanol–water partition coefficient (Wildman–Crippen LogP) is 1.57. The van der Waals surface area contributed by atoms with Gasteiger partial charge in [0.1, 0.15) is 5.75 Å².